The average molecular weight is 701 g/mol. The Morgan fingerprint density at radius 3 is 1.87 bits per heavy atom. The third-order valence-corrected chi connectivity index (χ3v) is 12.2. The second-order valence-corrected chi connectivity index (χ2v) is 15.8. The summed E-state index contributed by atoms with van der Waals surface area (Å²) in [5, 5.41) is 11.5. The van der Waals surface area contributed by atoms with E-state index in [0.29, 0.717) is 28.5 Å². The van der Waals surface area contributed by atoms with Crippen LogP contribution in [0.3, 0.4) is 0 Å². The first-order valence-electron chi connectivity index (χ1n) is 19.5. The van der Waals surface area contributed by atoms with Crippen LogP contribution in [0.5, 0.6) is 0 Å². The lowest BCUT2D eigenvalue weighted by molar-refractivity contribution is 0.0702. The van der Waals surface area contributed by atoms with Crippen molar-refractivity contribution in [2.75, 3.05) is 0 Å². The van der Waals surface area contributed by atoms with Crippen molar-refractivity contribution < 1.29 is 0 Å². The van der Waals surface area contributed by atoms with Crippen LogP contribution in [-0.4, -0.2) is 15.0 Å². The summed E-state index contributed by atoms with van der Waals surface area (Å²) in [7, 11) is 0. The van der Waals surface area contributed by atoms with Gasteiger partial charge in [0.15, 0.2) is 17.5 Å². The van der Waals surface area contributed by atoms with Crippen LogP contribution in [0.15, 0.2) is 140 Å². The van der Waals surface area contributed by atoms with E-state index >= 15 is 0 Å². The van der Waals surface area contributed by atoms with Crippen LogP contribution in [0, 0.1) is 29.1 Å². The quantitative estimate of drug-likeness (QED) is 0.166. The molecule has 1 heterocycles. The molecule has 4 nitrogen and oxygen atoms in total. The predicted molar refractivity (Wildman–Crippen MR) is 220 cm³/mol. The highest BCUT2D eigenvalue weighted by Gasteiger charge is 2.45. The summed E-state index contributed by atoms with van der Waals surface area (Å²) in [6.45, 7) is 4.85. The molecule has 2 bridgehead atoms. The molecule has 1 aromatic heterocycles. The van der Waals surface area contributed by atoms with Gasteiger partial charge in [-0.15, -0.1) is 0 Å². The van der Waals surface area contributed by atoms with E-state index in [9.17, 15) is 5.26 Å². The molecule has 2 fully saturated rings. The van der Waals surface area contributed by atoms with Gasteiger partial charge < -0.3 is 0 Å². The molecule has 2 aliphatic rings. The highest BCUT2D eigenvalue weighted by Crippen LogP contribution is 2.55. The van der Waals surface area contributed by atoms with Crippen molar-refractivity contribution in [2.45, 2.75) is 57.8 Å². The van der Waals surface area contributed by atoms with E-state index in [4.69, 9.17) is 15.0 Å². The molecule has 0 N–H and O–H groups in total. The summed E-state index contributed by atoms with van der Waals surface area (Å²) in [5.41, 5.74) is 9.78. The summed E-state index contributed by atoms with van der Waals surface area (Å²) >= 11 is 0. The fraction of sp³-hybridized carbons (Fsp3) is 0.240. The van der Waals surface area contributed by atoms with Crippen molar-refractivity contribution in [1.29, 1.82) is 5.26 Å². The molecular weight excluding hydrogens is 657 g/mol. The van der Waals surface area contributed by atoms with E-state index < -0.39 is 0 Å². The molecule has 7 aromatic rings. The molecular formula is C50H44N4. The van der Waals surface area contributed by atoms with Crippen LogP contribution < -0.4 is 0 Å². The molecule has 1 unspecified atom stereocenters. The van der Waals surface area contributed by atoms with Crippen molar-refractivity contribution in [3.8, 4) is 62.5 Å². The number of fused-ring (bicyclic) bond motifs is 3. The number of hydrogen-bond acceptors (Lipinski definition) is 4. The number of nitrogens with zero attached hydrogens (tertiary/aromatic N) is 4. The molecule has 0 aliphatic heterocycles. The molecule has 6 aromatic carbocycles. The Morgan fingerprint density at radius 2 is 1.15 bits per heavy atom. The average Bonchev–Trinajstić information content (AvgIpc) is 3.23. The molecule has 54 heavy (non-hydrogen) atoms. The minimum atomic E-state index is 0.297. The normalized spacial score (nSPS) is 20.7. The molecule has 2 aliphatic carbocycles. The van der Waals surface area contributed by atoms with Gasteiger partial charge in [0.2, 0.25) is 0 Å². The van der Waals surface area contributed by atoms with Crippen LogP contribution in [0.2, 0.25) is 0 Å². The van der Waals surface area contributed by atoms with Gasteiger partial charge in [0.1, 0.15) is 0 Å². The van der Waals surface area contributed by atoms with Crippen LogP contribution in [0.4, 0.5) is 0 Å². The number of hydrogen-bond donors (Lipinski definition) is 0. The van der Waals surface area contributed by atoms with Gasteiger partial charge in [0, 0.05) is 16.7 Å². The number of aromatic nitrogens is 3. The van der Waals surface area contributed by atoms with Gasteiger partial charge in [0.25, 0.3) is 0 Å². The van der Waals surface area contributed by atoms with E-state index in [0.717, 1.165) is 61.9 Å². The summed E-state index contributed by atoms with van der Waals surface area (Å²) in [5.74, 6) is 4.40. The predicted octanol–water partition coefficient (Wildman–Crippen LogP) is 12.7. The highest BCUT2D eigenvalue weighted by atomic mass is 15.0. The first-order chi connectivity index (χ1) is 26.5. The Bertz CT molecular complexity index is 2490. The maximum absolute atomic E-state index is 9.37. The first kappa shape index (κ1) is 33.9. The van der Waals surface area contributed by atoms with E-state index in [-0.39, 0.29) is 0 Å². The van der Waals surface area contributed by atoms with Crippen LogP contribution in [-0.2, 0) is 5.41 Å². The van der Waals surface area contributed by atoms with Crippen LogP contribution in [0.1, 0.15) is 63.5 Å². The molecule has 264 valence electrons. The third kappa shape index (κ3) is 6.28. The number of benzene rings is 6. The second-order valence-electron chi connectivity index (χ2n) is 15.8. The Morgan fingerprint density at radius 1 is 0.556 bits per heavy atom. The Labute approximate surface area is 318 Å². The van der Waals surface area contributed by atoms with Crippen LogP contribution >= 0.6 is 0 Å². The molecule has 4 atom stereocenters. The van der Waals surface area contributed by atoms with Gasteiger partial charge in [0.05, 0.1) is 11.6 Å². The lowest BCUT2D eigenvalue weighted by Gasteiger charge is -2.51. The number of rotatable bonds is 7. The van der Waals surface area contributed by atoms with Crippen molar-refractivity contribution in [2.24, 2.45) is 17.8 Å². The Kier molecular flexibility index (Phi) is 8.87. The topological polar surface area (TPSA) is 62.5 Å². The Hall–Kier alpha value is -5.92. The lowest BCUT2D eigenvalue weighted by Crippen LogP contribution is -2.42. The van der Waals surface area contributed by atoms with E-state index in [1.54, 1.807) is 0 Å². The van der Waals surface area contributed by atoms with Gasteiger partial charge in [-0.05, 0) is 112 Å². The van der Waals surface area contributed by atoms with Crippen molar-refractivity contribution in [3.63, 3.8) is 0 Å². The lowest BCUT2D eigenvalue weighted by atomic mass is 9.54. The van der Waals surface area contributed by atoms with E-state index in [1.807, 2.05) is 42.5 Å². The molecule has 2 saturated carbocycles. The second kappa shape index (κ2) is 14.1. The van der Waals surface area contributed by atoms with Gasteiger partial charge in [-0.2, -0.15) is 5.26 Å². The monoisotopic (exact) mass is 700 g/mol. The van der Waals surface area contributed by atoms with Gasteiger partial charge >= 0.3 is 0 Å². The number of nitriles is 1. The summed E-state index contributed by atoms with van der Waals surface area (Å²) in [6.07, 6.45) is 8.04. The molecule has 0 radical (unpaired) electrons. The zero-order valence-electron chi connectivity index (χ0n) is 31.0. The summed E-state index contributed by atoms with van der Waals surface area (Å²) in [4.78, 5) is 15.5. The van der Waals surface area contributed by atoms with Crippen LogP contribution in [0.25, 0.3) is 67.2 Å². The maximum Gasteiger partial charge on any atom is 0.164 e. The van der Waals surface area contributed by atoms with Gasteiger partial charge in [-0.1, -0.05) is 142 Å². The van der Waals surface area contributed by atoms with Crippen molar-refractivity contribution in [3.05, 3.63) is 151 Å². The molecule has 9 rings (SSSR count). The summed E-state index contributed by atoms with van der Waals surface area (Å²) < 4.78 is 0. The van der Waals surface area contributed by atoms with Gasteiger partial charge in [-0.3, -0.25) is 0 Å². The fourth-order valence-electron chi connectivity index (χ4n) is 9.89. The van der Waals surface area contributed by atoms with E-state index in [2.05, 4.69) is 117 Å². The minimum absolute atomic E-state index is 0.297. The van der Waals surface area contributed by atoms with E-state index in [1.165, 1.54) is 49.7 Å². The third-order valence-electron chi connectivity index (χ3n) is 12.2. The standard InChI is InChI=1S/C50H44N4/c1-3-34-28-36-27-33(2)29-50(30-34,31-36)40-23-21-38(22-24-40)41-13-7-10-16-45(41)48-52-47(39-11-5-4-6-12-39)53-49(54-48)46-26-25-42(43-14-8-9-15-44(43)46)37-19-17-35(32-51)18-20-37/h4-26,33-34,36H,3,27-31H2,1-2H3/t33-,34+,36-,50?/m0/s1. The molecule has 0 spiro atoms. The highest BCUT2D eigenvalue weighted by molar-refractivity contribution is 6.04. The summed E-state index contributed by atoms with van der Waals surface area (Å²) in [6, 6.07) is 50.9. The zero-order valence-corrected chi connectivity index (χ0v) is 31.0. The largest absolute Gasteiger partial charge is 0.208 e. The fourth-order valence-corrected chi connectivity index (χ4v) is 9.89. The molecule has 0 saturated heterocycles. The minimum Gasteiger partial charge on any atom is -0.208 e. The Balaban J connectivity index is 1.15. The molecule has 0 amide bonds. The molecule has 4 heteroatoms. The maximum atomic E-state index is 9.37. The van der Waals surface area contributed by atoms with Crippen molar-refractivity contribution >= 4 is 10.8 Å². The van der Waals surface area contributed by atoms with Crippen molar-refractivity contribution in [1.82, 2.24) is 15.0 Å². The smallest absolute Gasteiger partial charge is 0.164 e. The van der Waals surface area contributed by atoms with Gasteiger partial charge in [-0.25, -0.2) is 15.0 Å². The zero-order chi connectivity index (χ0) is 36.6. The first-order valence-corrected chi connectivity index (χ1v) is 19.5. The SMILES string of the molecule is CC[C@@H]1C[C@@H]2C[C@H](C)CC(c3ccc(-c4ccccc4-c4nc(-c5ccccc5)nc(-c5ccc(-c6ccc(C#N)cc6)c6ccccc56)n4)cc3)(C1)C2.